The summed E-state index contributed by atoms with van der Waals surface area (Å²) in [6.45, 7) is -0.557. The third-order valence-corrected chi connectivity index (χ3v) is 5.97. The van der Waals surface area contributed by atoms with Crippen molar-refractivity contribution >= 4 is 53.8 Å². The first-order chi connectivity index (χ1) is 13.1. The zero-order chi connectivity index (χ0) is 20.8. The fourth-order valence-corrected chi connectivity index (χ4v) is 3.57. The number of rotatable bonds is 3. The van der Waals surface area contributed by atoms with Crippen LogP contribution < -0.4 is 0 Å². The minimum absolute atomic E-state index is 0.0519. The number of benzene rings is 1. The fourth-order valence-electron chi connectivity index (χ4n) is 2.52. The Bertz CT molecular complexity index is 1200. The average molecular weight is 495 g/mol. The highest BCUT2D eigenvalue weighted by Gasteiger charge is 2.27. The van der Waals surface area contributed by atoms with Crippen LogP contribution in [0.25, 0.3) is 16.5 Å². The number of allylic oxidation sites excluding steroid dienone is 2. The summed E-state index contributed by atoms with van der Waals surface area (Å²) >= 11 is 8.66. The number of nitrogens with zero attached hydrogens (tertiary/aromatic N) is 3. The van der Waals surface area contributed by atoms with Gasteiger partial charge in [0.1, 0.15) is 5.52 Å². The van der Waals surface area contributed by atoms with Crippen LogP contribution in [0.3, 0.4) is 0 Å². The second-order valence-electron chi connectivity index (χ2n) is 5.72. The number of fused-ring (bicyclic) bond motifs is 1. The van der Waals surface area contributed by atoms with E-state index in [1.165, 1.54) is 18.4 Å². The highest BCUT2D eigenvalue weighted by atomic mass is 79.9. The molecule has 2 heterocycles. The number of hydroxylamine groups is 2. The Morgan fingerprint density at radius 2 is 1.96 bits per heavy atom. The van der Waals surface area contributed by atoms with Gasteiger partial charge in [0.25, 0.3) is 0 Å². The molecule has 0 amide bonds. The summed E-state index contributed by atoms with van der Waals surface area (Å²) < 4.78 is 53.3. The van der Waals surface area contributed by atoms with Gasteiger partial charge in [-0.1, -0.05) is 17.7 Å². The van der Waals surface area contributed by atoms with Crippen LogP contribution in [-0.2, 0) is 9.84 Å². The van der Waals surface area contributed by atoms with Gasteiger partial charge in [0.15, 0.2) is 11.6 Å². The van der Waals surface area contributed by atoms with Gasteiger partial charge < -0.3 is 5.11 Å². The van der Waals surface area contributed by atoms with E-state index in [0.717, 1.165) is 12.5 Å². The van der Waals surface area contributed by atoms with E-state index < -0.39 is 53.6 Å². The van der Waals surface area contributed by atoms with Crippen molar-refractivity contribution in [3.05, 3.63) is 56.9 Å². The molecular formula is C16H11BrClF2N3O4S. The van der Waals surface area contributed by atoms with Crippen molar-refractivity contribution < 1.29 is 27.5 Å². The maximum absolute atomic E-state index is 15.0. The first-order valence-corrected chi connectivity index (χ1v) is 10.5. The van der Waals surface area contributed by atoms with Crippen LogP contribution in [0.2, 0.25) is 5.02 Å². The topological polar surface area (TPSA) is 104 Å². The molecule has 0 atom stereocenters. The van der Waals surface area contributed by atoms with Gasteiger partial charge in [-0.2, -0.15) is 0 Å². The highest BCUT2D eigenvalue weighted by Crippen LogP contribution is 2.39. The van der Waals surface area contributed by atoms with E-state index >= 15 is 0 Å². The van der Waals surface area contributed by atoms with Crippen LogP contribution in [0.15, 0.2) is 39.8 Å². The van der Waals surface area contributed by atoms with Crippen molar-refractivity contribution in [2.24, 2.45) is 0 Å². The van der Waals surface area contributed by atoms with Crippen molar-refractivity contribution in [3.63, 3.8) is 0 Å². The van der Waals surface area contributed by atoms with Gasteiger partial charge >= 0.3 is 0 Å². The van der Waals surface area contributed by atoms with E-state index in [2.05, 4.69) is 25.9 Å². The first-order valence-electron chi connectivity index (χ1n) is 7.48. The summed E-state index contributed by atoms with van der Waals surface area (Å²) in [6, 6.07) is 0. The monoisotopic (exact) mass is 493 g/mol. The Hall–Kier alpha value is -1.92. The van der Waals surface area contributed by atoms with Gasteiger partial charge in [-0.05, 0) is 27.6 Å². The summed E-state index contributed by atoms with van der Waals surface area (Å²) in [5, 5.41) is 18.2. The maximum atomic E-state index is 15.0. The van der Waals surface area contributed by atoms with Gasteiger partial charge in [0.05, 0.1) is 27.2 Å². The molecule has 28 heavy (non-hydrogen) atoms. The zero-order valence-electron chi connectivity index (χ0n) is 14.0. The summed E-state index contributed by atoms with van der Waals surface area (Å²) in [5.41, 5.74) is -0.881. The van der Waals surface area contributed by atoms with Gasteiger partial charge in [0, 0.05) is 24.2 Å². The molecule has 148 valence electrons. The van der Waals surface area contributed by atoms with E-state index in [0.29, 0.717) is 5.06 Å². The Kier molecular flexibility index (Phi) is 5.56. The SMILES string of the molecule is CS(=O)(=O)c1nc(C2=CN(O)C=CC=C2CO)c2c(F)c(Cl)c(Br)c(F)c2n1. The Labute approximate surface area is 171 Å². The van der Waals surface area contributed by atoms with Crippen LogP contribution in [0.4, 0.5) is 8.78 Å². The Balaban J connectivity index is 2.54. The van der Waals surface area contributed by atoms with Gasteiger partial charge in [-0.25, -0.2) is 32.2 Å². The van der Waals surface area contributed by atoms with Gasteiger partial charge in [-0.15, -0.1) is 0 Å². The lowest BCUT2D eigenvalue weighted by molar-refractivity contribution is 0.0123. The largest absolute Gasteiger partial charge is 0.392 e. The minimum Gasteiger partial charge on any atom is -0.392 e. The third kappa shape index (κ3) is 3.55. The van der Waals surface area contributed by atoms with Crippen molar-refractivity contribution in [3.8, 4) is 0 Å². The molecule has 0 spiro atoms. The molecule has 3 rings (SSSR count). The van der Waals surface area contributed by atoms with E-state index in [1.54, 1.807) is 0 Å². The second-order valence-corrected chi connectivity index (χ2v) is 8.80. The molecule has 0 radical (unpaired) electrons. The molecule has 0 fully saturated rings. The van der Waals surface area contributed by atoms with E-state index in [4.69, 9.17) is 11.6 Å². The lowest BCUT2D eigenvalue weighted by Crippen LogP contribution is -2.12. The average Bonchev–Trinajstić information content (AvgIpc) is 2.83. The first kappa shape index (κ1) is 20.8. The number of aliphatic hydroxyl groups excluding tert-OH is 1. The van der Waals surface area contributed by atoms with Crippen LogP contribution in [-0.4, -0.2) is 46.6 Å². The molecule has 1 aromatic heterocycles. The molecule has 2 N–H and O–H groups in total. The van der Waals surface area contributed by atoms with E-state index in [9.17, 15) is 27.5 Å². The molecule has 2 aromatic rings. The maximum Gasteiger partial charge on any atom is 0.248 e. The third-order valence-electron chi connectivity index (χ3n) is 3.79. The van der Waals surface area contributed by atoms with Gasteiger partial charge in [-0.3, -0.25) is 5.21 Å². The quantitative estimate of drug-likeness (QED) is 0.384. The number of aromatic nitrogens is 2. The van der Waals surface area contributed by atoms with Crippen LogP contribution >= 0.6 is 27.5 Å². The number of hydrogen-bond donors (Lipinski definition) is 2. The number of hydrogen-bond acceptors (Lipinski definition) is 7. The zero-order valence-corrected chi connectivity index (χ0v) is 17.1. The molecule has 0 bridgehead atoms. The molecule has 0 saturated heterocycles. The predicted octanol–water partition coefficient (Wildman–Crippen LogP) is 3.21. The summed E-state index contributed by atoms with van der Waals surface area (Å²) in [6.07, 6.45) is 5.86. The van der Waals surface area contributed by atoms with E-state index in [1.807, 2.05) is 0 Å². The van der Waals surface area contributed by atoms with E-state index in [-0.39, 0.29) is 16.8 Å². The molecule has 1 aromatic carbocycles. The standard InChI is InChI=1S/C16H11BrClF2N3O4S/c1-28(26,27)16-21-14(8-5-23(25)4-2-3-7(8)6-24)9-12(19)11(18)10(17)13(20)15(9)22-16/h2-5,24-25H,6H2,1H3. The minimum atomic E-state index is -4.02. The van der Waals surface area contributed by atoms with Crippen molar-refractivity contribution in [2.45, 2.75) is 5.16 Å². The van der Waals surface area contributed by atoms with Crippen molar-refractivity contribution in [1.82, 2.24) is 15.0 Å². The number of sulfone groups is 1. The summed E-state index contributed by atoms with van der Waals surface area (Å²) in [4.78, 5) is 7.53. The summed E-state index contributed by atoms with van der Waals surface area (Å²) in [5.74, 6) is -2.18. The lowest BCUT2D eigenvalue weighted by atomic mass is 10.00. The molecule has 0 saturated carbocycles. The van der Waals surface area contributed by atoms with Crippen molar-refractivity contribution in [2.75, 3.05) is 12.9 Å². The van der Waals surface area contributed by atoms with Crippen molar-refractivity contribution in [1.29, 1.82) is 0 Å². The van der Waals surface area contributed by atoms with Gasteiger partial charge in [0.2, 0.25) is 15.0 Å². The number of aliphatic hydroxyl groups is 1. The summed E-state index contributed by atoms with van der Waals surface area (Å²) in [7, 11) is -4.02. The normalized spacial score (nSPS) is 14.9. The molecule has 12 heteroatoms. The molecule has 7 nitrogen and oxygen atoms in total. The van der Waals surface area contributed by atoms with Crippen LogP contribution in [0, 0.1) is 11.6 Å². The Morgan fingerprint density at radius 3 is 2.57 bits per heavy atom. The molecule has 0 unspecified atom stereocenters. The number of halogens is 4. The lowest BCUT2D eigenvalue weighted by Gasteiger charge is -2.16. The predicted molar refractivity (Wildman–Crippen MR) is 101 cm³/mol. The highest BCUT2D eigenvalue weighted by molar-refractivity contribution is 9.10. The molecule has 0 aliphatic carbocycles. The van der Waals surface area contributed by atoms with Crippen LogP contribution in [0.1, 0.15) is 5.69 Å². The van der Waals surface area contributed by atoms with Crippen LogP contribution in [0.5, 0.6) is 0 Å². The Morgan fingerprint density at radius 1 is 1.29 bits per heavy atom. The fraction of sp³-hybridized carbons (Fsp3) is 0.125. The molecular weight excluding hydrogens is 484 g/mol. The second kappa shape index (κ2) is 7.48. The smallest absolute Gasteiger partial charge is 0.248 e. The molecule has 1 aliphatic rings. The molecule has 1 aliphatic heterocycles.